The van der Waals surface area contributed by atoms with Crippen LogP contribution in [0.4, 0.5) is 5.69 Å². The molecule has 1 unspecified atom stereocenters. The predicted molar refractivity (Wildman–Crippen MR) is 74.9 cm³/mol. The van der Waals surface area contributed by atoms with Crippen LogP contribution in [0.15, 0.2) is 24.3 Å². The molecule has 1 aromatic rings. The Hall–Kier alpha value is -1.37. The van der Waals surface area contributed by atoms with Crippen LogP contribution in [-0.2, 0) is 0 Å². The van der Waals surface area contributed by atoms with Crippen LogP contribution < -0.4 is 10.1 Å². The van der Waals surface area contributed by atoms with E-state index in [0.29, 0.717) is 10.9 Å². The molecule has 0 aliphatic rings. The normalized spacial score (nSPS) is 11.8. The van der Waals surface area contributed by atoms with Gasteiger partial charge in [0.05, 0.1) is 25.5 Å². The van der Waals surface area contributed by atoms with Gasteiger partial charge in [-0.25, -0.2) is 0 Å². The van der Waals surface area contributed by atoms with Crippen molar-refractivity contribution in [3.8, 4) is 5.75 Å². The van der Waals surface area contributed by atoms with Crippen molar-refractivity contribution in [3.63, 3.8) is 0 Å². The summed E-state index contributed by atoms with van der Waals surface area (Å²) in [6.45, 7) is -0.0287. The van der Waals surface area contributed by atoms with Gasteiger partial charge in [-0.15, -0.1) is 0 Å². The van der Waals surface area contributed by atoms with Crippen LogP contribution in [0.2, 0.25) is 0 Å². The highest BCUT2D eigenvalue weighted by molar-refractivity contribution is 7.80. The number of para-hydroxylation sites is 2. The molecule has 0 aliphatic carbocycles. The molecule has 0 spiro atoms. The average Bonchev–Trinajstić information content (AvgIpc) is 2.39. The standard InChI is InChI=1S/C12H18N2O3S/c1-14(7-9(16)8-15)12(18)13-10-5-3-4-6-11(10)17-2/h3-6,9,15-16H,7-8H2,1-2H3,(H,13,18). The van der Waals surface area contributed by atoms with E-state index < -0.39 is 6.10 Å². The number of rotatable bonds is 5. The number of likely N-dealkylation sites (N-methyl/N-ethyl adjacent to an activating group) is 1. The maximum Gasteiger partial charge on any atom is 0.173 e. The Bertz CT molecular complexity index is 401. The number of methoxy groups -OCH3 is 1. The fourth-order valence-electron chi connectivity index (χ4n) is 1.42. The number of ether oxygens (including phenoxy) is 1. The van der Waals surface area contributed by atoms with E-state index in [9.17, 15) is 5.11 Å². The van der Waals surface area contributed by atoms with Crippen molar-refractivity contribution in [2.24, 2.45) is 0 Å². The third-order valence-corrected chi connectivity index (χ3v) is 2.80. The van der Waals surface area contributed by atoms with Crippen molar-refractivity contribution in [2.75, 3.05) is 32.6 Å². The number of aliphatic hydroxyl groups excluding tert-OH is 2. The van der Waals surface area contributed by atoms with Gasteiger partial charge in [-0.05, 0) is 24.4 Å². The van der Waals surface area contributed by atoms with Gasteiger partial charge in [0.25, 0.3) is 0 Å². The Labute approximate surface area is 112 Å². The monoisotopic (exact) mass is 270 g/mol. The summed E-state index contributed by atoms with van der Waals surface area (Å²) in [7, 11) is 3.33. The number of thiocarbonyl (C=S) groups is 1. The molecule has 0 amide bonds. The van der Waals surface area contributed by atoms with Crippen LogP contribution in [-0.4, -0.2) is 53.6 Å². The molecule has 1 rings (SSSR count). The van der Waals surface area contributed by atoms with Crippen LogP contribution in [0.3, 0.4) is 0 Å². The number of hydrogen-bond acceptors (Lipinski definition) is 4. The molecule has 0 aliphatic heterocycles. The lowest BCUT2D eigenvalue weighted by Crippen LogP contribution is -2.38. The predicted octanol–water partition coefficient (Wildman–Crippen LogP) is 0.677. The molecule has 0 heterocycles. The van der Waals surface area contributed by atoms with Gasteiger partial charge in [0.1, 0.15) is 5.75 Å². The molecule has 0 bridgehead atoms. The summed E-state index contributed by atoms with van der Waals surface area (Å²) in [5, 5.41) is 21.6. The Morgan fingerprint density at radius 3 is 2.78 bits per heavy atom. The van der Waals surface area contributed by atoms with E-state index in [-0.39, 0.29) is 13.2 Å². The summed E-state index contributed by atoms with van der Waals surface area (Å²) in [6, 6.07) is 7.41. The van der Waals surface area contributed by atoms with Crippen molar-refractivity contribution in [3.05, 3.63) is 24.3 Å². The molecule has 3 N–H and O–H groups in total. The summed E-state index contributed by atoms with van der Waals surface area (Å²) in [5.74, 6) is 0.691. The molecule has 6 heteroatoms. The highest BCUT2D eigenvalue weighted by Crippen LogP contribution is 2.23. The van der Waals surface area contributed by atoms with Gasteiger partial charge in [-0.3, -0.25) is 0 Å². The van der Waals surface area contributed by atoms with E-state index in [0.717, 1.165) is 5.69 Å². The van der Waals surface area contributed by atoms with Crippen LogP contribution in [0.1, 0.15) is 0 Å². The van der Waals surface area contributed by atoms with Crippen molar-refractivity contribution >= 4 is 23.0 Å². The molecule has 0 saturated heterocycles. The lowest BCUT2D eigenvalue weighted by atomic mass is 10.3. The van der Waals surface area contributed by atoms with Crippen LogP contribution in [0, 0.1) is 0 Å². The number of nitrogens with zero attached hydrogens (tertiary/aromatic N) is 1. The van der Waals surface area contributed by atoms with Crippen LogP contribution >= 0.6 is 12.2 Å². The van der Waals surface area contributed by atoms with E-state index in [1.54, 1.807) is 19.1 Å². The molecule has 0 saturated carbocycles. The van der Waals surface area contributed by atoms with E-state index in [4.69, 9.17) is 22.1 Å². The maximum absolute atomic E-state index is 9.34. The smallest absolute Gasteiger partial charge is 0.173 e. The van der Waals surface area contributed by atoms with Crippen molar-refractivity contribution in [1.29, 1.82) is 0 Å². The molecule has 1 atom stereocenters. The summed E-state index contributed by atoms with van der Waals surface area (Å²) >= 11 is 5.20. The zero-order valence-electron chi connectivity index (χ0n) is 10.5. The Balaban J connectivity index is 2.63. The van der Waals surface area contributed by atoms with Crippen molar-refractivity contribution in [1.82, 2.24) is 4.90 Å². The second kappa shape index (κ2) is 7.15. The number of nitrogens with one attached hydrogen (secondary N) is 1. The molecule has 0 radical (unpaired) electrons. The van der Waals surface area contributed by atoms with Gasteiger partial charge in [0, 0.05) is 13.6 Å². The molecular weight excluding hydrogens is 252 g/mol. The quantitative estimate of drug-likeness (QED) is 0.684. The highest BCUT2D eigenvalue weighted by atomic mass is 32.1. The van der Waals surface area contributed by atoms with E-state index in [1.807, 2.05) is 24.3 Å². The van der Waals surface area contributed by atoms with Gasteiger partial charge in [0.15, 0.2) is 5.11 Å². The topological polar surface area (TPSA) is 65.0 Å². The van der Waals surface area contributed by atoms with Gasteiger partial charge >= 0.3 is 0 Å². The van der Waals surface area contributed by atoms with Gasteiger partial charge in [-0.1, -0.05) is 12.1 Å². The maximum atomic E-state index is 9.34. The lowest BCUT2D eigenvalue weighted by Gasteiger charge is -2.23. The molecule has 100 valence electrons. The van der Waals surface area contributed by atoms with E-state index in [1.165, 1.54) is 0 Å². The third-order valence-electron chi connectivity index (χ3n) is 2.39. The Morgan fingerprint density at radius 1 is 1.50 bits per heavy atom. The molecule has 1 aromatic carbocycles. The summed E-state index contributed by atoms with van der Waals surface area (Å²) in [4.78, 5) is 1.66. The first kappa shape index (κ1) is 14.7. The first-order valence-electron chi connectivity index (χ1n) is 5.52. The average molecular weight is 270 g/mol. The first-order chi connectivity index (χ1) is 8.58. The first-order valence-corrected chi connectivity index (χ1v) is 5.93. The SMILES string of the molecule is COc1ccccc1NC(=S)N(C)CC(O)CO. The Kier molecular flexibility index (Phi) is 5.84. The number of benzene rings is 1. The summed E-state index contributed by atoms with van der Waals surface area (Å²) in [6.07, 6.45) is -0.813. The highest BCUT2D eigenvalue weighted by Gasteiger charge is 2.11. The van der Waals surface area contributed by atoms with Crippen molar-refractivity contribution < 1.29 is 14.9 Å². The van der Waals surface area contributed by atoms with Crippen molar-refractivity contribution in [2.45, 2.75) is 6.10 Å². The van der Waals surface area contributed by atoms with Gasteiger partial charge < -0.3 is 25.2 Å². The zero-order valence-corrected chi connectivity index (χ0v) is 11.3. The summed E-state index contributed by atoms with van der Waals surface area (Å²) < 4.78 is 5.20. The minimum Gasteiger partial charge on any atom is -0.495 e. The second-order valence-electron chi connectivity index (χ2n) is 3.85. The fraction of sp³-hybridized carbons (Fsp3) is 0.417. The molecular formula is C12H18N2O3S. The molecule has 5 nitrogen and oxygen atoms in total. The van der Waals surface area contributed by atoms with Gasteiger partial charge in [-0.2, -0.15) is 0 Å². The number of hydrogen-bond donors (Lipinski definition) is 3. The summed E-state index contributed by atoms with van der Waals surface area (Å²) in [5.41, 5.74) is 0.760. The molecule has 0 fully saturated rings. The Morgan fingerprint density at radius 2 is 2.17 bits per heavy atom. The van der Waals surface area contributed by atoms with Crippen LogP contribution in [0.25, 0.3) is 0 Å². The fourth-order valence-corrected chi connectivity index (χ4v) is 1.60. The number of aliphatic hydroxyl groups is 2. The minimum atomic E-state index is -0.813. The van der Waals surface area contributed by atoms with Gasteiger partial charge in [0.2, 0.25) is 0 Å². The zero-order chi connectivity index (χ0) is 13.5. The number of anilines is 1. The lowest BCUT2D eigenvalue weighted by molar-refractivity contribution is 0.0810. The minimum absolute atomic E-state index is 0.261. The van der Waals surface area contributed by atoms with Crippen LogP contribution in [0.5, 0.6) is 5.75 Å². The second-order valence-corrected chi connectivity index (χ2v) is 4.23. The molecule has 18 heavy (non-hydrogen) atoms. The largest absolute Gasteiger partial charge is 0.495 e. The third kappa shape index (κ3) is 4.14. The van der Waals surface area contributed by atoms with E-state index in [2.05, 4.69) is 5.32 Å². The molecule has 0 aromatic heterocycles. The van der Waals surface area contributed by atoms with E-state index >= 15 is 0 Å².